The van der Waals surface area contributed by atoms with Crippen molar-refractivity contribution < 1.29 is 14.3 Å². The number of likely N-dealkylation sites (tertiary alicyclic amines) is 1. The Bertz CT molecular complexity index is 1030. The Labute approximate surface area is 200 Å². The summed E-state index contributed by atoms with van der Waals surface area (Å²) in [5, 5.41) is 2.93. The van der Waals surface area contributed by atoms with Gasteiger partial charge in [-0.25, -0.2) is 9.78 Å². The van der Waals surface area contributed by atoms with Crippen molar-refractivity contribution in [3.8, 4) is 5.75 Å². The van der Waals surface area contributed by atoms with E-state index in [9.17, 15) is 4.79 Å². The van der Waals surface area contributed by atoms with Crippen molar-refractivity contribution in [3.63, 3.8) is 0 Å². The van der Waals surface area contributed by atoms with E-state index >= 15 is 0 Å². The minimum Gasteiger partial charge on any atom is -0.486 e. The number of aromatic nitrogens is 1. The van der Waals surface area contributed by atoms with Gasteiger partial charge in [-0.3, -0.25) is 0 Å². The van der Waals surface area contributed by atoms with E-state index in [1.54, 1.807) is 17.5 Å². The number of nitrogens with zero attached hydrogens (tertiary/aromatic N) is 2. The van der Waals surface area contributed by atoms with Crippen molar-refractivity contribution in [1.82, 2.24) is 9.88 Å². The summed E-state index contributed by atoms with van der Waals surface area (Å²) >= 11 is 1.60. The first-order valence-corrected chi connectivity index (χ1v) is 12.4. The van der Waals surface area contributed by atoms with E-state index in [0.717, 1.165) is 36.7 Å². The topological polar surface area (TPSA) is 51.7 Å². The Morgan fingerprint density at radius 3 is 2.45 bits per heavy atom. The largest absolute Gasteiger partial charge is 0.486 e. The summed E-state index contributed by atoms with van der Waals surface area (Å²) in [6.07, 6.45) is 5.14. The molecule has 2 heterocycles. The third kappa shape index (κ3) is 5.12. The maximum atomic E-state index is 12.0. The number of rotatable bonds is 6. The quantitative estimate of drug-likeness (QED) is 0.448. The lowest BCUT2D eigenvalue weighted by molar-refractivity contribution is 0.0600. The molecule has 33 heavy (non-hydrogen) atoms. The predicted octanol–water partition coefficient (Wildman–Crippen LogP) is 5.55. The molecule has 3 aromatic rings. The van der Waals surface area contributed by atoms with Gasteiger partial charge in [0.15, 0.2) is 0 Å². The SMILES string of the molecule is COC(=O)c1ccc(C2(c3ccc(OCc4nccs4)cc3)CCN(C)CCCC2C)cc1. The molecular formula is C27H32N2O3S. The van der Waals surface area contributed by atoms with Gasteiger partial charge in [-0.2, -0.15) is 0 Å². The number of methoxy groups -OCH3 is 1. The van der Waals surface area contributed by atoms with E-state index < -0.39 is 0 Å². The third-order valence-electron chi connectivity index (χ3n) is 6.94. The van der Waals surface area contributed by atoms with Crippen molar-refractivity contribution in [2.75, 3.05) is 27.2 Å². The highest BCUT2D eigenvalue weighted by Gasteiger charge is 2.40. The molecule has 0 amide bonds. The molecular weight excluding hydrogens is 432 g/mol. The van der Waals surface area contributed by atoms with Crippen LogP contribution in [0.5, 0.6) is 5.75 Å². The molecule has 0 saturated carbocycles. The number of carbonyl (C=O) groups is 1. The molecule has 1 fully saturated rings. The number of carbonyl (C=O) groups excluding carboxylic acids is 1. The molecule has 2 atom stereocenters. The lowest BCUT2D eigenvalue weighted by atomic mass is 9.62. The monoisotopic (exact) mass is 464 g/mol. The zero-order valence-corrected chi connectivity index (χ0v) is 20.4. The van der Waals surface area contributed by atoms with Crippen molar-refractivity contribution in [1.29, 1.82) is 0 Å². The van der Waals surface area contributed by atoms with Gasteiger partial charge in [0.05, 0.1) is 12.7 Å². The Morgan fingerprint density at radius 2 is 1.82 bits per heavy atom. The molecule has 6 heteroatoms. The standard InChI is InChI=1S/C27H32N2O3S/c1-20-5-4-16-29(2)17-14-27(20,22-8-6-21(7-9-22)26(30)31-3)23-10-12-24(13-11-23)32-19-25-28-15-18-33-25/h6-13,15,18,20H,4-5,14,16-17,19H2,1-3H3. The molecule has 5 nitrogen and oxygen atoms in total. The van der Waals surface area contributed by atoms with E-state index in [0.29, 0.717) is 18.1 Å². The molecule has 1 aliphatic rings. The normalized spacial score (nSPS) is 21.7. The minimum atomic E-state index is -0.303. The molecule has 2 aromatic carbocycles. The second-order valence-electron chi connectivity index (χ2n) is 8.88. The van der Waals surface area contributed by atoms with Gasteiger partial charge in [-0.1, -0.05) is 31.2 Å². The Morgan fingerprint density at radius 1 is 1.12 bits per heavy atom. The highest BCUT2D eigenvalue weighted by molar-refractivity contribution is 7.09. The van der Waals surface area contributed by atoms with Crippen LogP contribution in [-0.4, -0.2) is 43.1 Å². The van der Waals surface area contributed by atoms with E-state index in [4.69, 9.17) is 9.47 Å². The number of hydrogen-bond acceptors (Lipinski definition) is 6. The highest BCUT2D eigenvalue weighted by Crippen LogP contribution is 2.45. The average Bonchev–Trinajstić information content (AvgIpc) is 3.36. The molecule has 0 spiro atoms. The van der Waals surface area contributed by atoms with Crippen LogP contribution < -0.4 is 4.74 Å². The van der Waals surface area contributed by atoms with Crippen LogP contribution in [0.3, 0.4) is 0 Å². The van der Waals surface area contributed by atoms with Crippen LogP contribution >= 0.6 is 11.3 Å². The second-order valence-corrected chi connectivity index (χ2v) is 9.85. The van der Waals surface area contributed by atoms with Gasteiger partial charge in [-0.15, -0.1) is 11.3 Å². The van der Waals surface area contributed by atoms with Crippen molar-refractivity contribution in [2.24, 2.45) is 5.92 Å². The van der Waals surface area contributed by atoms with Crippen LogP contribution in [0.4, 0.5) is 0 Å². The van der Waals surface area contributed by atoms with E-state index in [1.165, 1.54) is 24.7 Å². The van der Waals surface area contributed by atoms with Gasteiger partial charge < -0.3 is 14.4 Å². The van der Waals surface area contributed by atoms with Gasteiger partial charge >= 0.3 is 5.97 Å². The van der Waals surface area contributed by atoms with Crippen LogP contribution in [0.15, 0.2) is 60.1 Å². The Balaban J connectivity index is 1.68. The number of ether oxygens (including phenoxy) is 2. The van der Waals surface area contributed by atoms with Gasteiger partial charge in [0.25, 0.3) is 0 Å². The van der Waals surface area contributed by atoms with E-state index in [-0.39, 0.29) is 11.4 Å². The molecule has 1 aromatic heterocycles. The summed E-state index contributed by atoms with van der Waals surface area (Å²) in [7, 11) is 3.62. The molecule has 0 aliphatic carbocycles. The summed E-state index contributed by atoms with van der Waals surface area (Å²) in [5.41, 5.74) is 2.97. The maximum absolute atomic E-state index is 12.0. The highest BCUT2D eigenvalue weighted by atomic mass is 32.1. The first kappa shape index (κ1) is 23.5. The molecule has 1 aliphatic heterocycles. The molecule has 0 N–H and O–H groups in total. The predicted molar refractivity (Wildman–Crippen MR) is 132 cm³/mol. The van der Waals surface area contributed by atoms with Crippen molar-refractivity contribution in [2.45, 2.75) is 38.2 Å². The van der Waals surface area contributed by atoms with Crippen LogP contribution in [0.25, 0.3) is 0 Å². The van der Waals surface area contributed by atoms with Gasteiger partial charge in [-0.05, 0) is 80.7 Å². The van der Waals surface area contributed by atoms with Gasteiger partial charge in [0, 0.05) is 17.0 Å². The summed E-state index contributed by atoms with van der Waals surface area (Å²) in [5.74, 6) is 1.00. The molecule has 1 saturated heterocycles. The molecule has 2 unspecified atom stereocenters. The van der Waals surface area contributed by atoms with Crippen molar-refractivity contribution >= 4 is 17.3 Å². The average molecular weight is 465 g/mol. The smallest absolute Gasteiger partial charge is 0.337 e. The van der Waals surface area contributed by atoms with Crippen molar-refractivity contribution in [3.05, 3.63) is 81.8 Å². The summed E-state index contributed by atoms with van der Waals surface area (Å²) in [6, 6.07) is 16.6. The minimum absolute atomic E-state index is 0.142. The Hall–Kier alpha value is -2.70. The lowest BCUT2D eigenvalue weighted by Crippen LogP contribution is -2.41. The zero-order chi connectivity index (χ0) is 23.3. The number of hydrogen-bond donors (Lipinski definition) is 0. The molecule has 0 radical (unpaired) electrons. The fourth-order valence-electron chi connectivity index (χ4n) is 5.00. The molecule has 0 bridgehead atoms. The summed E-state index contributed by atoms with van der Waals surface area (Å²) < 4.78 is 10.9. The van der Waals surface area contributed by atoms with Crippen LogP contribution in [-0.2, 0) is 16.8 Å². The number of esters is 1. The van der Waals surface area contributed by atoms with Crippen LogP contribution in [0.1, 0.15) is 52.7 Å². The van der Waals surface area contributed by atoms with E-state index in [1.807, 2.05) is 17.5 Å². The van der Waals surface area contributed by atoms with Gasteiger partial charge in [0.1, 0.15) is 17.4 Å². The summed E-state index contributed by atoms with van der Waals surface area (Å²) in [4.78, 5) is 18.7. The second kappa shape index (κ2) is 10.5. The summed E-state index contributed by atoms with van der Waals surface area (Å²) in [6.45, 7) is 5.00. The van der Waals surface area contributed by atoms with E-state index in [2.05, 4.69) is 60.3 Å². The van der Waals surface area contributed by atoms with Gasteiger partial charge in [0.2, 0.25) is 0 Å². The fraction of sp³-hybridized carbons (Fsp3) is 0.407. The zero-order valence-electron chi connectivity index (χ0n) is 19.6. The first-order valence-electron chi connectivity index (χ1n) is 11.5. The lowest BCUT2D eigenvalue weighted by Gasteiger charge is -2.43. The number of benzene rings is 2. The first-order chi connectivity index (χ1) is 16.0. The molecule has 174 valence electrons. The van der Waals surface area contributed by atoms with Crippen LogP contribution in [0, 0.1) is 5.92 Å². The third-order valence-corrected chi connectivity index (χ3v) is 7.70. The Kier molecular flexibility index (Phi) is 7.46. The fourth-order valence-corrected chi connectivity index (χ4v) is 5.53. The maximum Gasteiger partial charge on any atom is 0.337 e. The molecule has 4 rings (SSSR count). The van der Waals surface area contributed by atoms with Crippen LogP contribution in [0.2, 0.25) is 0 Å². The number of thiazole rings is 1.